The normalized spacial score (nSPS) is 49.2. The fraction of sp³-hybridized carbons (Fsp3) is 0.800. The molecule has 0 aromatic heterocycles. The summed E-state index contributed by atoms with van der Waals surface area (Å²) in [6.45, 7) is 15.6. The predicted octanol–water partition coefficient (Wildman–Crippen LogP) is 3.96. The number of esters is 2. The third-order valence-corrected chi connectivity index (χ3v) is 10.7. The molecule has 11 atom stereocenters. The molecule has 2 heterocycles. The van der Waals surface area contributed by atoms with Gasteiger partial charge in [0, 0.05) is 18.4 Å². The van der Waals surface area contributed by atoms with Crippen molar-refractivity contribution in [1.82, 2.24) is 0 Å². The Morgan fingerprint density at radius 1 is 1.24 bits per heavy atom. The first-order valence-electron chi connectivity index (χ1n) is 14.2. The lowest BCUT2D eigenvalue weighted by Gasteiger charge is -2.54. The number of aliphatic hydroxyl groups is 2. The Morgan fingerprint density at radius 2 is 1.97 bits per heavy atom. The molecule has 206 valence electrons. The van der Waals surface area contributed by atoms with Crippen molar-refractivity contribution in [1.29, 1.82) is 0 Å². The molecule has 7 nitrogen and oxygen atoms in total. The number of carbonyl (C=O) groups is 2. The maximum Gasteiger partial charge on any atom is 0.338 e. The van der Waals surface area contributed by atoms with Gasteiger partial charge in [0.1, 0.15) is 17.8 Å². The largest absolute Gasteiger partial charge is 0.460 e. The molecule has 0 amide bonds. The van der Waals surface area contributed by atoms with Gasteiger partial charge in [-0.2, -0.15) is 0 Å². The van der Waals surface area contributed by atoms with Crippen LogP contribution in [0.25, 0.3) is 0 Å². The fourth-order valence-electron chi connectivity index (χ4n) is 8.71. The average molecular weight is 517 g/mol. The van der Waals surface area contributed by atoms with Crippen LogP contribution < -0.4 is 0 Å². The number of aliphatic hydroxyl groups excluding tert-OH is 1. The van der Waals surface area contributed by atoms with Crippen LogP contribution in [0.5, 0.6) is 0 Å². The van der Waals surface area contributed by atoms with E-state index >= 15 is 0 Å². The van der Waals surface area contributed by atoms with Crippen LogP contribution in [0, 0.1) is 40.9 Å². The van der Waals surface area contributed by atoms with Gasteiger partial charge in [0.2, 0.25) is 0 Å². The second-order valence-corrected chi connectivity index (χ2v) is 13.1. The number of hydrogen-bond acceptors (Lipinski definition) is 7. The van der Waals surface area contributed by atoms with Gasteiger partial charge in [-0.3, -0.25) is 0 Å². The standard InChI is InChI=1S/C30H44O7/c1-15(2)25-22-12-19-17(4)30(34)21(18(5)36-28(33)26(30)31)10-9-16(3)20(19)13-29(22,6)14-24(25)37-27(32)23-8-7-11-35-23/h9,15,18-26,31,34H,4,7-8,10-14H2,1-3,5-6H3/b16-9-. The number of rotatable bonds is 3. The Morgan fingerprint density at radius 3 is 2.62 bits per heavy atom. The summed E-state index contributed by atoms with van der Waals surface area (Å²) >= 11 is 0. The van der Waals surface area contributed by atoms with Crippen molar-refractivity contribution in [3.8, 4) is 0 Å². The van der Waals surface area contributed by atoms with E-state index in [9.17, 15) is 19.8 Å². The van der Waals surface area contributed by atoms with Crippen LogP contribution in [0.2, 0.25) is 0 Å². The van der Waals surface area contributed by atoms with Crippen LogP contribution in [0.3, 0.4) is 0 Å². The molecule has 2 saturated heterocycles. The lowest BCUT2D eigenvalue weighted by molar-refractivity contribution is -0.209. The zero-order chi connectivity index (χ0) is 26.9. The molecule has 0 radical (unpaired) electrons. The maximum atomic E-state index is 12.9. The molecule has 2 saturated carbocycles. The topological polar surface area (TPSA) is 102 Å². The van der Waals surface area contributed by atoms with E-state index in [1.807, 2.05) is 0 Å². The zero-order valence-electron chi connectivity index (χ0n) is 22.9. The van der Waals surface area contributed by atoms with E-state index in [2.05, 4.69) is 40.3 Å². The van der Waals surface area contributed by atoms with Crippen molar-refractivity contribution >= 4 is 11.9 Å². The summed E-state index contributed by atoms with van der Waals surface area (Å²) in [7, 11) is 0. The van der Waals surface area contributed by atoms with Crippen LogP contribution in [0.4, 0.5) is 0 Å². The summed E-state index contributed by atoms with van der Waals surface area (Å²) in [5, 5.41) is 22.9. The summed E-state index contributed by atoms with van der Waals surface area (Å²) in [5.74, 6) is -0.707. The van der Waals surface area contributed by atoms with E-state index in [1.165, 1.54) is 5.57 Å². The Labute approximate surface area is 220 Å². The summed E-state index contributed by atoms with van der Waals surface area (Å²) in [5.41, 5.74) is 0.0360. The van der Waals surface area contributed by atoms with E-state index in [-0.39, 0.29) is 41.2 Å². The van der Waals surface area contributed by atoms with Crippen LogP contribution in [-0.4, -0.2) is 58.8 Å². The molecule has 2 N–H and O–H groups in total. The highest BCUT2D eigenvalue weighted by Crippen LogP contribution is 2.63. The molecule has 5 aliphatic rings. The van der Waals surface area contributed by atoms with E-state index in [0.717, 1.165) is 32.1 Å². The minimum atomic E-state index is -1.74. The number of cyclic esters (lactones) is 1. The van der Waals surface area contributed by atoms with Gasteiger partial charge in [0.05, 0.1) is 0 Å². The smallest absolute Gasteiger partial charge is 0.338 e. The summed E-state index contributed by atoms with van der Waals surface area (Å²) < 4.78 is 17.2. The van der Waals surface area contributed by atoms with Crippen molar-refractivity contribution in [2.45, 2.75) is 103 Å². The monoisotopic (exact) mass is 516 g/mol. The van der Waals surface area contributed by atoms with Gasteiger partial charge in [0.25, 0.3) is 0 Å². The van der Waals surface area contributed by atoms with Crippen LogP contribution >= 0.6 is 0 Å². The van der Waals surface area contributed by atoms with Gasteiger partial charge in [-0.1, -0.05) is 39.0 Å². The minimum Gasteiger partial charge on any atom is -0.460 e. The van der Waals surface area contributed by atoms with Crippen molar-refractivity contribution in [2.75, 3.05) is 6.61 Å². The SMILES string of the molecule is C=C1C2CC3C(C(C)C)C(OC(=O)C4CCCO4)CC3(C)CC2/C(C)=C\CC2C(C)OC(=O)C(O)C12O. The number of ether oxygens (including phenoxy) is 3. The highest BCUT2D eigenvalue weighted by atomic mass is 16.6. The third kappa shape index (κ3) is 4.20. The van der Waals surface area contributed by atoms with Crippen molar-refractivity contribution < 1.29 is 34.0 Å². The second-order valence-electron chi connectivity index (χ2n) is 13.1. The highest BCUT2D eigenvalue weighted by Gasteiger charge is 2.62. The van der Waals surface area contributed by atoms with Crippen LogP contribution in [-0.2, 0) is 23.8 Å². The van der Waals surface area contributed by atoms with Gasteiger partial charge < -0.3 is 24.4 Å². The lowest BCUT2D eigenvalue weighted by atomic mass is 9.53. The minimum absolute atomic E-state index is 0.0361. The van der Waals surface area contributed by atoms with Gasteiger partial charge in [-0.25, -0.2) is 9.59 Å². The van der Waals surface area contributed by atoms with Crippen molar-refractivity contribution in [2.24, 2.45) is 40.9 Å². The first kappa shape index (κ1) is 26.9. The summed E-state index contributed by atoms with van der Waals surface area (Å²) in [6, 6.07) is 0. The molecular weight excluding hydrogens is 472 g/mol. The number of hydrogen-bond donors (Lipinski definition) is 2. The quantitative estimate of drug-likeness (QED) is 0.432. The first-order valence-corrected chi connectivity index (χ1v) is 14.2. The summed E-state index contributed by atoms with van der Waals surface area (Å²) in [6.07, 6.45) is 3.93. The van der Waals surface area contributed by atoms with E-state index < -0.39 is 35.8 Å². The van der Waals surface area contributed by atoms with Crippen molar-refractivity contribution in [3.63, 3.8) is 0 Å². The Balaban J connectivity index is 1.48. The van der Waals surface area contributed by atoms with Crippen molar-refractivity contribution in [3.05, 3.63) is 23.8 Å². The number of carbonyl (C=O) groups excluding carboxylic acids is 2. The van der Waals surface area contributed by atoms with Gasteiger partial charge in [0.15, 0.2) is 12.2 Å². The van der Waals surface area contributed by atoms with E-state index in [4.69, 9.17) is 14.2 Å². The number of allylic oxidation sites excluding steroid dienone is 2. The van der Waals surface area contributed by atoms with Gasteiger partial charge in [-0.15, -0.1) is 0 Å². The molecule has 2 aliphatic heterocycles. The van der Waals surface area contributed by atoms with Crippen LogP contribution in [0.1, 0.15) is 73.1 Å². The Kier molecular flexibility index (Phi) is 6.90. The molecule has 37 heavy (non-hydrogen) atoms. The predicted molar refractivity (Wildman–Crippen MR) is 137 cm³/mol. The van der Waals surface area contributed by atoms with E-state index in [0.29, 0.717) is 24.5 Å². The molecular formula is C30H44O7. The number of fused-ring (bicyclic) bond motifs is 3. The molecule has 0 spiro atoms. The molecule has 0 aromatic rings. The molecule has 7 heteroatoms. The first-order chi connectivity index (χ1) is 17.4. The Hall–Kier alpha value is -1.70. The second kappa shape index (κ2) is 9.49. The molecule has 5 rings (SSSR count). The van der Waals surface area contributed by atoms with Gasteiger partial charge >= 0.3 is 11.9 Å². The molecule has 4 fully saturated rings. The zero-order valence-corrected chi connectivity index (χ0v) is 22.9. The molecule has 3 aliphatic carbocycles. The van der Waals surface area contributed by atoms with E-state index in [1.54, 1.807) is 6.92 Å². The van der Waals surface area contributed by atoms with Gasteiger partial charge in [-0.05, 0) is 87.0 Å². The molecule has 11 unspecified atom stereocenters. The fourth-order valence-corrected chi connectivity index (χ4v) is 8.71. The summed E-state index contributed by atoms with van der Waals surface area (Å²) in [4.78, 5) is 25.5. The molecule has 0 bridgehead atoms. The third-order valence-electron chi connectivity index (χ3n) is 10.7. The Bertz CT molecular complexity index is 980. The lowest BCUT2D eigenvalue weighted by Crippen LogP contribution is -2.63. The average Bonchev–Trinajstić information content (AvgIpc) is 3.46. The highest BCUT2D eigenvalue weighted by molar-refractivity contribution is 5.78. The van der Waals surface area contributed by atoms with Crippen LogP contribution in [0.15, 0.2) is 23.8 Å². The maximum absolute atomic E-state index is 12.9. The molecule has 0 aromatic carbocycles.